The Hall–Kier alpha value is -2.01. The van der Waals surface area contributed by atoms with Gasteiger partial charge in [0.2, 0.25) is 0 Å². The number of rotatable bonds is 3. The van der Waals surface area contributed by atoms with Crippen LogP contribution in [0.25, 0.3) is 0 Å². The van der Waals surface area contributed by atoms with Gasteiger partial charge in [-0.1, -0.05) is 12.2 Å². The Bertz CT molecular complexity index is 498. The fourth-order valence-electron chi connectivity index (χ4n) is 1.24. The number of aromatic nitrogens is 2. The number of nitrogens with two attached hydrogens (primary N) is 1. The van der Waals surface area contributed by atoms with E-state index in [1.807, 2.05) is 12.1 Å². The summed E-state index contributed by atoms with van der Waals surface area (Å²) in [5, 5.41) is 3.11. The van der Waals surface area contributed by atoms with Gasteiger partial charge < -0.3 is 11.1 Å². The van der Waals surface area contributed by atoms with Crippen molar-refractivity contribution < 1.29 is 0 Å². The van der Waals surface area contributed by atoms with Gasteiger partial charge in [0.1, 0.15) is 10.8 Å². The van der Waals surface area contributed by atoms with Crippen LogP contribution in [0, 0.1) is 0 Å². The summed E-state index contributed by atoms with van der Waals surface area (Å²) in [6.45, 7) is 0. The van der Waals surface area contributed by atoms with Crippen LogP contribution in [-0.4, -0.2) is 15.0 Å². The van der Waals surface area contributed by atoms with E-state index >= 15 is 0 Å². The highest BCUT2D eigenvalue weighted by Crippen LogP contribution is 2.13. The van der Waals surface area contributed by atoms with Crippen molar-refractivity contribution in [1.82, 2.24) is 9.97 Å². The second kappa shape index (κ2) is 4.67. The van der Waals surface area contributed by atoms with E-state index in [-0.39, 0.29) is 0 Å². The molecular formula is C11H10N4S. The summed E-state index contributed by atoms with van der Waals surface area (Å²) in [7, 11) is 0. The van der Waals surface area contributed by atoms with Crippen LogP contribution in [0.4, 0.5) is 11.5 Å². The lowest BCUT2D eigenvalue weighted by atomic mass is 10.2. The topological polar surface area (TPSA) is 63.8 Å². The molecule has 0 saturated heterocycles. The van der Waals surface area contributed by atoms with E-state index in [2.05, 4.69) is 15.3 Å². The lowest BCUT2D eigenvalue weighted by Crippen LogP contribution is -2.09. The average molecular weight is 230 g/mol. The van der Waals surface area contributed by atoms with Gasteiger partial charge in [-0.3, -0.25) is 4.98 Å². The minimum absolute atomic E-state index is 0.358. The lowest BCUT2D eigenvalue weighted by molar-refractivity contribution is 1.27. The van der Waals surface area contributed by atoms with Crippen LogP contribution < -0.4 is 11.1 Å². The maximum atomic E-state index is 5.54. The number of nitrogens with one attached hydrogen (secondary N) is 1. The van der Waals surface area contributed by atoms with Gasteiger partial charge in [0, 0.05) is 18.0 Å². The van der Waals surface area contributed by atoms with E-state index in [0.717, 1.165) is 11.3 Å². The van der Waals surface area contributed by atoms with E-state index in [0.29, 0.717) is 10.8 Å². The SMILES string of the molecule is NC(=S)c1ccnc(Nc2cccnc2)c1. The number of anilines is 2. The third-order valence-corrected chi connectivity index (χ3v) is 2.21. The molecule has 0 spiro atoms. The van der Waals surface area contributed by atoms with Crippen molar-refractivity contribution in [1.29, 1.82) is 0 Å². The fraction of sp³-hybridized carbons (Fsp3) is 0. The monoisotopic (exact) mass is 230 g/mol. The van der Waals surface area contributed by atoms with Crippen LogP contribution in [0.1, 0.15) is 5.56 Å². The predicted octanol–water partition coefficient (Wildman–Crippen LogP) is 1.85. The van der Waals surface area contributed by atoms with Crippen LogP contribution in [-0.2, 0) is 0 Å². The zero-order chi connectivity index (χ0) is 11.4. The highest BCUT2D eigenvalue weighted by molar-refractivity contribution is 7.80. The van der Waals surface area contributed by atoms with Gasteiger partial charge in [-0.05, 0) is 24.3 Å². The number of pyridine rings is 2. The molecule has 0 amide bonds. The van der Waals surface area contributed by atoms with Crippen LogP contribution in [0.2, 0.25) is 0 Å². The third-order valence-electron chi connectivity index (χ3n) is 1.98. The van der Waals surface area contributed by atoms with E-state index < -0.39 is 0 Å². The first-order chi connectivity index (χ1) is 7.75. The zero-order valence-electron chi connectivity index (χ0n) is 8.42. The Morgan fingerprint density at radius 2 is 2.19 bits per heavy atom. The smallest absolute Gasteiger partial charge is 0.131 e. The van der Waals surface area contributed by atoms with Crippen LogP contribution in [0.15, 0.2) is 42.9 Å². The minimum atomic E-state index is 0.358. The quantitative estimate of drug-likeness (QED) is 0.788. The molecule has 3 N–H and O–H groups in total. The molecule has 16 heavy (non-hydrogen) atoms. The van der Waals surface area contributed by atoms with Crippen molar-refractivity contribution in [2.45, 2.75) is 0 Å². The lowest BCUT2D eigenvalue weighted by Gasteiger charge is -2.05. The van der Waals surface area contributed by atoms with E-state index in [1.54, 1.807) is 30.7 Å². The molecule has 5 heteroatoms. The Balaban J connectivity index is 2.22. The molecule has 0 aliphatic heterocycles. The van der Waals surface area contributed by atoms with E-state index in [9.17, 15) is 0 Å². The molecule has 2 aromatic rings. The van der Waals surface area contributed by atoms with Gasteiger partial charge in [-0.25, -0.2) is 4.98 Å². The summed E-state index contributed by atoms with van der Waals surface area (Å²) in [6.07, 6.45) is 5.09. The molecule has 0 atom stereocenters. The first kappa shape index (κ1) is 10.5. The number of hydrogen-bond donors (Lipinski definition) is 2. The van der Waals surface area contributed by atoms with Gasteiger partial charge in [0.05, 0.1) is 11.9 Å². The zero-order valence-corrected chi connectivity index (χ0v) is 9.24. The van der Waals surface area contributed by atoms with Crippen LogP contribution >= 0.6 is 12.2 Å². The van der Waals surface area contributed by atoms with Gasteiger partial charge in [0.25, 0.3) is 0 Å². The Morgan fingerprint density at radius 1 is 1.31 bits per heavy atom. The molecule has 0 aliphatic rings. The molecule has 0 radical (unpaired) electrons. The highest BCUT2D eigenvalue weighted by atomic mass is 32.1. The molecule has 80 valence electrons. The molecule has 2 heterocycles. The Labute approximate surface area is 98.5 Å². The van der Waals surface area contributed by atoms with Crippen LogP contribution in [0.5, 0.6) is 0 Å². The summed E-state index contributed by atoms with van der Waals surface area (Å²) < 4.78 is 0. The van der Waals surface area contributed by atoms with Crippen molar-refractivity contribution in [3.05, 3.63) is 48.4 Å². The van der Waals surface area contributed by atoms with Crippen molar-refractivity contribution >= 4 is 28.7 Å². The molecule has 0 unspecified atom stereocenters. The molecule has 0 saturated carbocycles. The summed E-state index contributed by atoms with van der Waals surface area (Å²) in [5.74, 6) is 0.693. The number of thiocarbonyl (C=S) groups is 1. The van der Waals surface area contributed by atoms with Gasteiger partial charge in [0.15, 0.2) is 0 Å². The average Bonchev–Trinajstić information content (AvgIpc) is 2.30. The van der Waals surface area contributed by atoms with Gasteiger partial charge >= 0.3 is 0 Å². The fourth-order valence-corrected chi connectivity index (χ4v) is 1.36. The number of hydrogen-bond acceptors (Lipinski definition) is 4. The summed E-state index contributed by atoms with van der Waals surface area (Å²) in [4.78, 5) is 8.52. The third kappa shape index (κ3) is 2.52. The molecular weight excluding hydrogens is 220 g/mol. The van der Waals surface area contributed by atoms with Gasteiger partial charge in [-0.2, -0.15) is 0 Å². The predicted molar refractivity (Wildman–Crippen MR) is 67.6 cm³/mol. The molecule has 0 bridgehead atoms. The molecule has 2 rings (SSSR count). The summed E-state index contributed by atoms with van der Waals surface area (Å²) in [6, 6.07) is 7.33. The molecule has 0 aromatic carbocycles. The van der Waals surface area contributed by atoms with Crippen LogP contribution in [0.3, 0.4) is 0 Å². The van der Waals surface area contributed by atoms with Crippen molar-refractivity contribution in [2.24, 2.45) is 5.73 Å². The highest BCUT2D eigenvalue weighted by Gasteiger charge is 1.99. The second-order valence-electron chi connectivity index (χ2n) is 3.16. The Morgan fingerprint density at radius 3 is 2.88 bits per heavy atom. The molecule has 0 fully saturated rings. The Kier molecular flexibility index (Phi) is 3.07. The summed E-state index contributed by atoms with van der Waals surface area (Å²) >= 11 is 4.90. The maximum absolute atomic E-state index is 5.54. The van der Waals surface area contributed by atoms with Crippen molar-refractivity contribution in [3.63, 3.8) is 0 Å². The number of nitrogens with zero attached hydrogens (tertiary/aromatic N) is 2. The normalized spacial score (nSPS) is 9.75. The molecule has 0 aliphatic carbocycles. The van der Waals surface area contributed by atoms with Crippen molar-refractivity contribution in [3.8, 4) is 0 Å². The van der Waals surface area contributed by atoms with E-state index in [1.165, 1.54) is 0 Å². The molecule has 4 nitrogen and oxygen atoms in total. The second-order valence-corrected chi connectivity index (χ2v) is 3.60. The first-order valence-electron chi connectivity index (χ1n) is 4.68. The largest absolute Gasteiger partial charge is 0.389 e. The minimum Gasteiger partial charge on any atom is -0.389 e. The maximum Gasteiger partial charge on any atom is 0.131 e. The van der Waals surface area contributed by atoms with Crippen molar-refractivity contribution in [2.75, 3.05) is 5.32 Å². The van der Waals surface area contributed by atoms with E-state index in [4.69, 9.17) is 18.0 Å². The summed E-state index contributed by atoms with van der Waals surface area (Å²) in [5.41, 5.74) is 7.20. The molecule has 2 aromatic heterocycles. The standard InChI is InChI=1S/C11H10N4S/c12-11(16)8-3-5-14-10(6-8)15-9-2-1-4-13-7-9/h1-7H,(H2,12,16)(H,14,15). The van der Waals surface area contributed by atoms with Gasteiger partial charge in [-0.15, -0.1) is 0 Å². The first-order valence-corrected chi connectivity index (χ1v) is 5.09.